The second kappa shape index (κ2) is 10.2. The van der Waals surface area contributed by atoms with Gasteiger partial charge in [-0.2, -0.15) is 0 Å². The van der Waals surface area contributed by atoms with Gasteiger partial charge in [0.15, 0.2) is 9.84 Å². The van der Waals surface area contributed by atoms with Crippen molar-refractivity contribution in [3.05, 3.63) is 124 Å². The summed E-state index contributed by atoms with van der Waals surface area (Å²) in [5.41, 5.74) is 4.58. The zero-order valence-electron chi connectivity index (χ0n) is 19.9. The third kappa shape index (κ3) is 5.81. The van der Waals surface area contributed by atoms with E-state index in [1.165, 1.54) is 16.0 Å². The van der Waals surface area contributed by atoms with Crippen molar-refractivity contribution in [2.24, 2.45) is 0 Å². The third-order valence-electron chi connectivity index (χ3n) is 6.00. The standard InChI is InChI=1S/C30H30O2S2/c1-23-9-19-29(20-10-23)34(31,32)30(2,3)22-26-13-17-28(18-14-26)33-27-15-11-25(12-16-27)21-24-7-5-4-6-8-24/h4-11,13-21H,12,22H2,1-3H3. The Kier molecular flexibility index (Phi) is 7.30. The fourth-order valence-electron chi connectivity index (χ4n) is 3.92. The Morgan fingerprint density at radius 3 is 2.18 bits per heavy atom. The highest BCUT2D eigenvalue weighted by Gasteiger charge is 2.35. The minimum absolute atomic E-state index is 0.381. The first-order chi connectivity index (χ1) is 16.2. The average molecular weight is 487 g/mol. The molecule has 4 rings (SSSR count). The quantitative estimate of drug-likeness (QED) is 0.341. The lowest BCUT2D eigenvalue weighted by Gasteiger charge is -2.25. The van der Waals surface area contributed by atoms with Crippen molar-refractivity contribution < 1.29 is 8.42 Å². The van der Waals surface area contributed by atoms with E-state index >= 15 is 0 Å². The summed E-state index contributed by atoms with van der Waals surface area (Å²) in [6, 6.07) is 25.7. The molecular formula is C30H30O2S2. The van der Waals surface area contributed by atoms with E-state index in [1.807, 2.05) is 51.1 Å². The molecule has 0 heterocycles. The molecule has 0 spiro atoms. The van der Waals surface area contributed by atoms with Gasteiger partial charge in [-0.3, -0.25) is 0 Å². The van der Waals surface area contributed by atoms with Gasteiger partial charge in [0.25, 0.3) is 0 Å². The minimum Gasteiger partial charge on any atom is -0.223 e. The first kappa shape index (κ1) is 24.3. The molecule has 0 amide bonds. The zero-order valence-corrected chi connectivity index (χ0v) is 21.5. The van der Waals surface area contributed by atoms with Crippen LogP contribution in [0.1, 0.15) is 37.0 Å². The maximum absolute atomic E-state index is 13.2. The van der Waals surface area contributed by atoms with Crippen LogP contribution in [0, 0.1) is 6.92 Å². The molecule has 1 aliphatic carbocycles. The van der Waals surface area contributed by atoms with Gasteiger partial charge >= 0.3 is 0 Å². The van der Waals surface area contributed by atoms with Crippen molar-refractivity contribution in [1.82, 2.24) is 0 Å². The molecular weight excluding hydrogens is 456 g/mol. The monoisotopic (exact) mass is 486 g/mol. The smallest absolute Gasteiger partial charge is 0.183 e. The van der Waals surface area contributed by atoms with Gasteiger partial charge in [0.1, 0.15) is 0 Å². The fraction of sp³-hybridized carbons (Fsp3) is 0.200. The second-order valence-electron chi connectivity index (χ2n) is 9.27. The van der Waals surface area contributed by atoms with E-state index in [4.69, 9.17) is 0 Å². The highest BCUT2D eigenvalue weighted by molar-refractivity contribution is 8.03. The van der Waals surface area contributed by atoms with E-state index < -0.39 is 14.6 Å². The lowest BCUT2D eigenvalue weighted by Crippen LogP contribution is -2.34. The molecule has 0 saturated carbocycles. The molecule has 0 fully saturated rings. The van der Waals surface area contributed by atoms with Crippen molar-refractivity contribution in [2.45, 2.75) is 48.2 Å². The molecule has 0 aliphatic heterocycles. The number of hydrogen-bond donors (Lipinski definition) is 0. The van der Waals surface area contributed by atoms with Crippen molar-refractivity contribution >= 4 is 27.7 Å². The predicted octanol–water partition coefficient (Wildman–Crippen LogP) is 7.81. The Morgan fingerprint density at radius 2 is 1.56 bits per heavy atom. The first-order valence-electron chi connectivity index (χ1n) is 11.4. The van der Waals surface area contributed by atoms with Crippen molar-refractivity contribution in [2.75, 3.05) is 0 Å². The van der Waals surface area contributed by atoms with Gasteiger partial charge in [0.05, 0.1) is 9.64 Å². The number of sulfone groups is 1. The van der Waals surface area contributed by atoms with Gasteiger partial charge in [-0.15, -0.1) is 0 Å². The average Bonchev–Trinajstić information content (AvgIpc) is 2.82. The molecule has 0 N–H and O–H groups in total. The summed E-state index contributed by atoms with van der Waals surface area (Å²) in [4.78, 5) is 2.75. The van der Waals surface area contributed by atoms with Crippen LogP contribution in [-0.4, -0.2) is 13.2 Å². The maximum atomic E-state index is 13.2. The summed E-state index contributed by atoms with van der Waals surface area (Å²) in [5, 5.41) is 0. The molecule has 0 radical (unpaired) electrons. The third-order valence-corrected chi connectivity index (χ3v) is 9.54. The molecule has 2 nitrogen and oxygen atoms in total. The number of hydrogen-bond acceptors (Lipinski definition) is 3. The number of allylic oxidation sites excluding steroid dienone is 4. The number of thioether (sulfide) groups is 1. The number of rotatable bonds is 7. The van der Waals surface area contributed by atoms with E-state index in [9.17, 15) is 8.42 Å². The van der Waals surface area contributed by atoms with Crippen molar-refractivity contribution in [3.8, 4) is 0 Å². The van der Waals surface area contributed by atoms with Gasteiger partial charge in [0.2, 0.25) is 0 Å². The van der Waals surface area contributed by atoms with Crippen molar-refractivity contribution in [1.29, 1.82) is 0 Å². The maximum Gasteiger partial charge on any atom is 0.183 e. The fourth-order valence-corrected chi connectivity index (χ4v) is 6.26. The minimum atomic E-state index is -3.44. The van der Waals surface area contributed by atoms with Gasteiger partial charge in [-0.05, 0) is 80.7 Å². The summed E-state index contributed by atoms with van der Waals surface area (Å²) in [7, 11) is -3.44. The van der Waals surface area contributed by atoms with Crippen LogP contribution in [0.25, 0.3) is 6.08 Å². The molecule has 34 heavy (non-hydrogen) atoms. The van der Waals surface area contributed by atoms with Crippen LogP contribution in [0.4, 0.5) is 0 Å². The van der Waals surface area contributed by atoms with Gasteiger partial charge in [-0.1, -0.05) is 90.2 Å². The molecule has 174 valence electrons. The normalized spacial score (nSPS) is 15.4. The summed E-state index contributed by atoms with van der Waals surface area (Å²) in [6.07, 6.45) is 10.2. The highest BCUT2D eigenvalue weighted by atomic mass is 32.2. The van der Waals surface area contributed by atoms with Gasteiger partial charge in [0, 0.05) is 9.80 Å². The number of benzene rings is 3. The Balaban J connectivity index is 1.39. The van der Waals surface area contributed by atoms with Crippen molar-refractivity contribution in [3.63, 3.8) is 0 Å². The van der Waals surface area contributed by atoms with E-state index in [0.717, 1.165) is 22.4 Å². The molecule has 0 saturated heterocycles. The topological polar surface area (TPSA) is 34.1 Å². The Hall–Kier alpha value is -2.82. The van der Waals surface area contributed by atoms with Gasteiger partial charge < -0.3 is 0 Å². The van der Waals surface area contributed by atoms with Crippen LogP contribution < -0.4 is 0 Å². The Labute approximate surface area is 208 Å². The van der Waals surface area contributed by atoms with E-state index in [0.29, 0.717) is 11.3 Å². The molecule has 3 aromatic rings. The van der Waals surface area contributed by atoms with Crippen LogP contribution in [0.15, 0.2) is 117 Å². The van der Waals surface area contributed by atoms with Gasteiger partial charge in [-0.25, -0.2) is 8.42 Å². The zero-order chi connectivity index (χ0) is 24.2. The van der Waals surface area contributed by atoms with Crippen LogP contribution in [-0.2, 0) is 16.3 Å². The Morgan fingerprint density at radius 1 is 0.882 bits per heavy atom. The van der Waals surface area contributed by atoms with E-state index in [2.05, 4.69) is 60.7 Å². The van der Waals surface area contributed by atoms with Crippen LogP contribution in [0.2, 0.25) is 0 Å². The molecule has 0 aromatic heterocycles. The first-order valence-corrected chi connectivity index (χ1v) is 13.7. The molecule has 1 aliphatic rings. The second-order valence-corrected chi connectivity index (χ2v) is 13.0. The predicted molar refractivity (Wildman–Crippen MR) is 145 cm³/mol. The molecule has 3 aromatic carbocycles. The summed E-state index contributed by atoms with van der Waals surface area (Å²) < 4.78 is 25.5. The number of aryl methyl sites for hydroxylation is 1. The summed E-state index contributed by atoms with van der Waals surface area (Å²) in [5.74, 6) is 0. The lowest BCUT2D eigenvalue weighted by molar-refractivity contribution is 0.544. The van der Waals surface area contributed by atoms with Crippen LogP contribution in [0.3, 0.4) is 0 Å². The van der Waals surface area contributed by atoms with E-state index in [1.54, 1.807) is 23.9 Å². The summed E-state index contributed by atoms with van der Waals surface area (Å²) in [6.45, 7) is 5.58. The van der Waals surface area contributed by atoms with E-state index in [-0.39, 0.29) is 0 Å². The molecule has 4 heteroatoms. The highest BCUT2D eigenvalue weighted by Crippen LogP contribution is 2.33. The lowest BCUT2D eigenvalue weighted by atomic mass is 10.0. The SMILES string of the molecule is Cc1ccc(S(=O)(=O)C(C)(C)Cc2ccc(SC3=CCC(=Cc4ccccc4)C=C3)cc2)cc1. The largest absolute Gasteiger partial charge is 0.223 e. The Bertz CT molecular complexity index is 1330. The molecule has 0 unspecified atom stereocenters. The molecule has 0 atom stereocenters. The summed E-state index contributed by atoms with van der Waals surface area (Å²) >= 11 is 1.73. The molecule has 0 bridgehead atoms. The van der Waals surface area contributed by atoms with Crippen LogP contribution in [0.5, 0.6) is 0 Å². The van der Waals surface area contributed by atoms with Crippen LogP contribution >= 0.6 is 11.8 Å².